The lowest BCUT2D eigenvalue weighted by Crippen LogP contribution is -2.31. The second kappa shape index (κ2) is 6.95. The van der Waals surface area contributed by atoms with Crippen molar-refractivity contribution < 1.29 is 13.2 Å². The molecule has 0 saturated carbocycles. The third-order valence-corrected chi connectivity index (χ3v) is 5.54. The Morgan fingerprint density at radius 2 is 2.12 bits per heavy atom. The van der Waals surface area contributed by atoms with Gasteiger partial charge in [-0.15, -0.1) is 0 Å². The molecular weight excluding hydrogens is 342 g/mol. The van der Waals surface area contributed by atoms with Crippen LogP contribution in [0.15, 0.2) is 35.2 Å². The number of carbonyl (C=O) groups is 1. The van der Waals surface area contributed by atoms with Gasteiger partial charge >= 0.3 is 0 Å². The molecule has 1 amide bonds. The zero-order valence-corrected chi connectivity index (χ0v) is 14.7. The number of aromatic nitrogens is 2. The van der Waals surface area contributed by atoms with Crippen molar-refractivity contribution in [2.24, 2.45) is 5.73 Å². The summed E-state index contributed by atoms with van der Waals surface area (Å²) < 4.78 is 27.2. The van der Waals surface area contributed by atoms with Crippen LogP contribution >= 0.6 is 0 Å². The van der Waals surface area contributed by atoms with Crippen LogP contribution < -0.4 is 10.5 Å². The predicted molar refractivity (Wildman–Crippen MR) is 92.3 cm³/mol. The van der Waals surface area contributed by atoms with Gasteiger partial charge in [-0.2, -0.15) is 5.10 Å². The van der Waals surface area contributed by atoms with Crippen molar-refractivity contribution in [1.29, 1.82) is 0 Å². The van der Waals surface area contributed by atoms with E-state index in [9.17, 15) is 13.2 Å². The Labute approximate surface area is 146 Å². The van der Waals surface area contributed by atoms with Gasteiger partial charge in [0.05, 0.1) is 17.1 Å². The van der Waals surface area contributed by atoms with Gasteiger partial charge in [0, 0.05) is 30.4 Å². The summed E-state index contributed by atoms with van der Waals surface area (Å²) in [7, 11) is -3.67. The summed E-state index contributed by atoms with van der Waals surface area (Å²) in [6.07, 6.45) is 0.786. The first-order valence-corrected chi connectivity index (χ1v) is 9.49. The molecule has 134 valence electrons. The normalized spacial score (nSPS) is 17.8. The molecule has 0 spiro atoms. The SMILES string of the molecule is Cc1cc(CNS(=O)(=O)c2ccc(C(=O)N3CCC(N)C3)cc2)n[nH]1. The molecule has 8 nitrogen and oxygen atoms in total. The Morgan fingerprint density at radius 1 is 1.40 bits per heavy atom. The zero-order chi connectivity index (χ0) is 18.0. The van der Waals surface area contributed by atoms with E-state index in [0.717, 1.165) is 12.1 Å². The molecule has 0 bridgehead atoms. The number of nitrogens with two attached hydrogens (primary N) is 1. The molecule has 1 atom stereocenters. The van der Waals surface area contributed by atoms with Gasteiger partial charge in [-0.05, 0) is 43.7 Å². The molecule has 1 aromatic carbocycles. The molecule has 1 fully saturated rings. The quantitative estimate of drug-likeness (QED) is 0.709. The second-order valence-corrected chi connectivity index (χ2v) is 7.96. The fourth-order valence-corrected chi connectivity index (χ4v) is 3.75. The van der Waals surface area contributed by atoms with Crippen molar-refractivity contribution in [2.75, 3.05) is 13.1 Å². The number of carbonyl (C=O) groups excluding carboxylic acids is 1. The molecular formula is C16H21N5O3S. The van der Waals surface area contributed by atoms with E-state index in [-0.39, 0.29) is 23.4 Å². The van der Waals surface area contributed by atoms with Crippen molar-refractivity contribution in [1.82, 2.24) is 19.8 Å². The van der Waals surface area contributed by atoms with E-state index in [2.05, 4.69) is 14.9 Å². The first kappa shape index (κ1) is 17.6. The lowest BCUT2D eigenvalue weighted by Gasteiger charge is -2.16. The molecule has 1 aliphatic heterocycles. The number of likely N-dealkylation sites (tertiary alicyclic amines) is 1. The summed E-state index contributed by atoms with van der Waals surface area (Å²) in [5.74, 6) is -0.128. The van der Waals surface area contributed by atoms with Crippen molar-refractivity contribution in [2.45, 2.75) is 30.8 Å². The van der Waals surface area contributed by atoms with E-state index >= 15 is 0 Å². The van der Waals surface area contributed by atoms with Crippen LogP contribution in [-0.2, 0) is 16.6 Å². The molecule has 0 aliphatic carbocycles. The highest BCUT2D eigenvalue weighted by Gasteiger charge is 2.25. The maximum absolute atomic E-state index is 12.4. The number of hydrogen-bond acceptors (Lipinski definition) is 5. The van der Waals surface area contributed by atoms with Gasteiger partial charge in [-0.25, -0.2) is 13.1 Å². The molecule has 25 heavy (non-hydrogen) atoms. The number of benzene rings is 1. The maximum Gasteiger partial charge on any atom is 0.253 e. The van der Waals surface area contributed by atoms with Gasteiger partial charge in [0.15, 0.2) is 0 Å². The number of hydrogen-bond donors (Lipinski definition) is 3. The smallest absolute Gasteiger partial charge is 0.253 e. The van der Waals surface area contributed by atoms with Crippen LogP contribution in [0, 0.1) is 6.92 Å². The van der Waals surface area contributed by atoms with E-state index in [1.807, 2.05) is 6.92 Å². The highest BCUT2D eigenvalue weighted by Crippen LogP contribution is 2.15. The van der Waals surface area contributed by atoms with Crippen LogP contribution in [0.1, 0.15) is 28.2 Å². The summed E-state index contributed by atoms with van der Waals surface area (Å²) in [6.45, 7) is 3.10. The Hall–Kier alpha value is -2.23. The van der Waals surface area contributed by atoms with Crippen molar-refractivity contribution in [3.63, 3.8) is 0 Å². The van der Waals surface area contributed by atoms with Crippen LogP contribution in [-0.4, -0.2) is 48.6 Å². The Bertz CT molecular complexity index is 860. The minimum Gasteiger partial charge on any atom is -0.337 e. The number of aryl methyl sites for hydroxylation is 1. The first-order chi connectivity index (χ1) is 11.8. The van der Waals surface area contributed by atoms with Crippen LogP contribution in [0.5, 0.6) is 0 Å². The standard InChI is InChI=1S/C16H21N5O3S/c1-11-8-14(20-19-11)9-18-25(23,24)15-4-2-12(3-5-15)16(22)21-7-6-13(17)10-21/h2-5,8,13,18H,6-7,9-10,17H2,1H3,(H,19,20). The van der Waals surface area contributed by atoms with Crippen LogP contribution in [0.4, 0.5) is 0 Å². The predicted octanol–water partition coefficient (Wildman–Crippen LogP) is 0.370. The van der Waals surface area contributed by atoms with Crippen LogP contribution in [0.2, 0.25) is 0 Å². The number of aromatic amines is 1. The second-order valence-electron chi connectivity index (χ2n) is 6.19. The molecule has 2 aromatic rings. The number of nitrogens with one attached hydrogen (secondary N) is 2. The summed E-state index contributed by atoms with van der Waals surface area (Å²) in [5, 5.41) is 6.75. The van der Waals surface area contributed by atoms with Gasteiger partial charge in [0.25, 0.3) is 5.91 Å². The lowest BCUT2D eigenvalue weighted by atomic mass is 10.2. The van der Waals surface area contributed by atoms with Crippen LogP contribution in [0.25, 0.3) is 0 Å². The molecule has 1 unspecified atom stereocenters. The number of rotatable bonds is 5. The highest BCUT2D eigenvalue weighted by molar-refractivity contribution is 7.89. The minimum atomic E-state index is -3.67. The van der Waals surface area contributed by atoms with E-state index < -0.39 is 10.0 Å². The zero-order valence-electron chi connectivity index (χ0n) is 13.9. The van der Waals surface area contributed by atoms with Crippen molar-refractivity contribution >= 4 is 15.9 Å². The maximum atomic E-state index is 12.4. The molecule has 9 heteroatoms. The lowest BCUT2D eigenvalue weighted by molar-refractivity contribution is 0.0791. The Balaban J connectivity index is 1.67. The van der Waals surface area contributed by atoms with Gasteiger partial charge in [0.1, 0.15) is 0 Å². The fraction of sp³-hybridized carbons (Fsp3) is 0.375. The van der Waals surface area contributed by atoms with E-state index in [4.69, 9.17) is 5.73 Å². The summed E-state index contributed by atoms with van der Waals surface area (Å²) in [5.41, 5.74) is 7.74. The third-order valence-electron chi connectivity index (χ3n) is 4.13. The molecule has 2 heterocycles. The Kier molecular flexibility index (Phi) is 4.89. The summed E-state index contributed by atoms with van der Waals surface area (Å²) >= 11 is 0. The van der Waals surface area contributed by atoms with Gasteiger partial charge in [0.2, 0.25) is 10.0 Å². The third kappa shape index (κ3) is 4.06. The van der Waals surface area contributed by atoms with E-state index in [1.165, 1.54) is 24.3 Å². The van der Waals surface area contributed by atoms with Crippen LogP contribution in [0.3, 0.4) is 0 Å². The number of H-pyrrole nitrogens is 1. The van der Waals surface area contributed by atoms with Crippen molar-refractivity contribution in [3.8, 4) is 0 Å². The topological polar surface area (TPSA) is 121 Å². The first-order valence-electron chi connectivity index (χ1n) is 8.00. The molecule has 1 aliphatic rings. The minimum absolute atomic E-state index is 0.0125. The number of amides is 1. The van der Waals surface area contributed by atoms with Gasteiger partial charge < -0.3 is 10.6 Å². The largest absolute Gasteiger partial charge is 0.337 e. The summed E-state index contributed by atoms with van der Waals surface area (Å²) in [4.78, 5) is 14.2. The Morgan fingerprint density at radius 3 is 2.68 bits per heavy atom. The van der Waals surface area contributed by atoms with Gasteiger partial charge in [-0.1, -0.05) is 0 Å². The van der Waals surface area contributed by atoms with Gasteiger partial charge in [-0.3, -0.25) is 9.89 Å². The highest BCUT2D eigenvalue weighted by atomic mass is 32.2. The molecule has 1 aromatic heterocycles. The number of sulfonamides is 1. The average molecular weight is 363 g/mol. The molecule has 0 radical (unpaired) electrons. The molecule has 3 rings (SSSR count). The molecule has 1 saturated heterocycles. The van der Waals surface area contributed by atoms with Crippen molar-refractivity contribution in [3.05, 3.63) is 47.3 Å². The average Bonchev–Trinajstić information content (AvgIpc) is 3.21. The monoisotopic (exact) mass is 363 g/mol. The van der Waals surface area contributed by atoms with E-state index in [1.54, 1.807) is 11.0 Å². The molecule has 4 N–H and O–H groups in total. The van der Waals surface area contributed by atoms with E-state index in [0.29, 0.717) is 24.3 Å². The number of nitrogens with zero attached hydrogens (tertiary/aromatic N) is 2. The summed E-state index contributed by atoms with van der Waals surface area (Å²) in [6, 6.07) is 7.70. The fourth-order valence-electron chi connectivity index (χ4n) is 2.75.